The number of rotatable bonds is 10. The second-order valence-electron chi connectivity index (χ2n) is 9.09. The summed E-state index contributed by atoms with van der Waals surface area (Å²) >= 11 is 0. The number of hydrogen-bond acceptors (Lipinski definition) is 7. The fourth-order valence-corrected chi connectivity index (χ4v) is 5.01. The van der Waals surface area contributed by atoms with Crippen molar-refractivity contribution in [1.82, 2.24) is 4.90 Å². The second kappa shape index (κ2) is 12.3. The minimum Gasteiger partial charge on any atom is -0.497 e. The van der Waals surface area contributed by atoms with Gasteiger partial charge in [-0.3, -0.25) is 0 Å². The van der Waals surface area contributed by atoms with Crippen LogP contribution in [-0.4, -0.2) is 89.0 Å². The lowest BCUT2D eigenvalue weighted by molar-refractivity contribution is -0.0778. The van der Waals surface area contributed by atoms with Crippen molar-refractivity contribution in [3.8, 4) is 11.5 Å². The van der Waals surface area contributed by atoms with Crippen molar-refractivity contribution in [2.24, 2.45) is 0 Å². The molecule has 196 valence electrons. The average molecular weight is 501 g/mol. The number of ether oxygens (including phenoxy) is 5. The first-order chi connectivity index (χ1) is 17.5. The highest BCUT2D eigenvalue weighted by Crippen LogP contribution is 2.36. The Hall–Kier alpha value is -3.01. The lowest BCUT2D eigenvalue weighted by Crippen LogP contribution is -2.54. The largest absolute Gasteiger partial charge is 0.497 e. The number of carboxylic acid groups (broad SMARTS) is 1. The summed E-state index contributed by atoms with van der Waals surface area (Å²) in [6.45, 7) is 3.99. The summed E-state index contributed by atoms with van der Waals surface area (Å²) in [6.07, 6.45) is -0.748. The van der Waals surface area contributed by atoms with E-state index < -0.39 is 6.09 Å². The Morgan fingerprint density at radius 1 is 1.08 bits per heavy atom. The van der Waals surface area contributed by atoms with E-state index in [4.69, 9.17) is 23.7 Å². The molecular weight excluding hydrogens is 464 g/mol. The van der Waals surface area contributed by atoms with Gasteiger partial charge in [-0.2, -0.15) is 0 Å². The van der Waals surface area contributed by atoms with Crippen molar-refractivity contribution in [2.75, 3.05) is 65.6 Å². The van der Waals surface area contributed by atoms with Crippen molar-refractivity contribution >= 4 is 11.8 Å². The molecule has 2 aliphatic rings. The lowest BCUT2D eigenvalue weighted by Gasteiger charge is -2.42. The molecule has 0 saturated carbocycles. The molecular formula is C27H36N2O7. The summed E-state index contributed by atoms with van der Waals surface area (Å²) in [5.41, 5.74) is 3.09. The molecule has 4 rings (SSSR count). The van der Waals surface area contributed by atoms with Crippen LogP contribution >= 0.6 is 0 Å². The molecule has 0 aliphatic carbocycles. The van der Waals surface area contributed by atoms with E-state index in [2.05, 4.69) is 11.0 Å². The van der Waals surface area contributed by atoms with Crippen LogP contribution in [0.25, 0.3) is 0 Å². The van der Waals surface area contributed by atoms with Crippen LogP contribution in [0, 0.1) is 0 Å². The van der Waals surface area contributed by atoms with Crippen LogP contribution in [0.1, 0.15) is 23.5 Å². The summed E-state index contributed by atoms with van der Waals surface area (Å²) in [4.78, 5) is 15.5. The first-order valence-corrected chi connectivity index (χ1v) is 12.3. The quantitative estimate of drug-likeness (QED) is 0.495. The summed E-state index contributed by atoms with van der Waals surface area (Å²) in [5, 5.41) is 9.70. The number of benzene rings is 2. The number of hydrogen-bond donors (Lipinski definition) is 1. The predicted octanol–water partition coefficient (Wildman–Crippen LogP) is 3.61. The van der Waals surface area contributed by atoms with Gasteiger partial charge in [0.25, 0.3) is 0 Å². The standard InChI is InChI=1S/C27H36N2O7/c1-32-13-4-11-28-12-14-35-23-10-5-19(15-22(23)28)18-36-25-17-29(27(30)31)16-24(34-3)26(25)20-6-8-21(33-2)9-7-20/h5-10,15,24-26H,4,11-14,16-18H2,1-3H3,(H,30,31). The Balaban J connectivity index is 1.53. The maximum absolute atomic E-state index is 11.8. The highest BCUT2D eigenvalue weighted by Gasteiger charge is 2.40. The van der Waals surface area contributed by atoms with Gasteiger partial charge in [0.2, 0.25) is 0 Å². The zero-order valence-corrected chi connectivity index (χ0v) is 21.2. The van der Waals surface area contributed by atoms with Crippen molar-refractivity contribution in [1.29, 1.82) is 0 Å². The Morgan fingerprint density at radius 3 is 2.56 bits per heavy atom. The van der Waals surface area contributed by atoms with Gasteiger partial charge in [-0.05, 0) is 41.8 Å². The van der Waals surface area contributed by atoms with Gasteiger partial charge in [-0.25, -0.2) is 4.79 Å². The van der Waals surface area contributed by atoms with Crippen molar-refractivity contribution in [3.05, 3.63) is 53.6 Å². The van der Waals surface area contributed by atoms with Crippen LogP contribution < -0.4 is 14.4 Å². The third-order valence-corrected chi connectivity index (χ3v) is 6.90. The number of carbonyl (C=O) groups is 1. The highest BCUT2D eigenvalue weighted by atomic mass is 16.5. The van der Waals surface area contributed by atoms with Gasteiger partial charge in [-0.1, -0.05) is 18.2 Å². The van der Waals surface area contributed by atoms with Crippen LogP contribution in [0.2, 0.25) is 0 Å². The van der Waals surface area contributed by atoms with Crippen LogP contribution in [-0.2, 0) is 20.8 Å². The van der Waals surface area contributed by atoms with Crippen molar-refractivity contribution < 1.29 is 33.6 Å². The molecule has 0 spiro atoms. The highest BCUT2D eigenvalue weighted by molar-refractivity contribution is 5.65. The molecule has 2 aromatic rings. The molecule has 1 amide bonds. The van der Waals surface area contributed by atoms with E-state index in [1.54, 1.807) is 21.3 Å². The van der Waals surface area contributed by atoms with Crippen LogP contribution in [0.5, 0.6) is 11.5 Å². The van der Waals surface area contributed by atoms with Gasteiger partial charge in [0.1, 0.15) is 18.1 Å². The fourth-order valence-electron chi connectivity index (χ4n) is 5.01. The molecule has 1 N–H and O–H groups in total. The minimum atomic E-state index is -0.975. The molecule has 1 saturated heterocycles. The smallest absolute Gasteiger partial charge is 0.407 e. The summed E-state index contributed by atoms with van der Waals surface area (Å²) < 4.78 is 28.6. The van der Waals surface area contributed by atoms with Gasteiger partial charge in [0.15, 0.2) is 0 Å². The third-order valence-electron chi connectivity index (χ3n) is 6.90. The van der Waals surface area contributed by atoms with Crippen LogP contribution in [0.15, 0.2) is 42.5 Å². The number of piperidine rings is 1. The predicted molar refractivity (Wildman–Crippen MR) is 135 cm³/mol. The van der Waals surface area contributed by atoms with Crippen LogP contribution in [0.4, 0.5) is 10.5 Å². The molecule has 1 fully saturated rings. The third kappa shape index (κ3) is 6.03. The SMILES string of the molecule is COCCCN1CCOc2ccc(COC3CN(C(=O)O)CC(OC)C3c3ccc(OC)cc3)cc21. The molecule has 2 aliphatic heterocycles. The molecule has 2 heterocycles. The monoisotopic (exact) mass is 500 g/mol. The molecule has 0 aromatic heterocycles. The zero-order valence-electron chi connectivity index (χ0n) is 21.2. The van der Waals surface area contributed by atoms with E-state index in [1.807, 2.05) is 36.4 Å². The van der Waals surface area contributed by atoms with Crippen LogP contribution in [0.3, 0.4) is 0 Å². The Bertz CT molecular complexity index is 1000. The molecule has 0 radical (unpaired) electrons. The molecule has 3 unspecified atom stereocenters. The van der Waals surface area contributed by atoms with E-state index in [0.717, 1.165) is 47.8 Å². The number of fused-ring (bicyclic) bond motifs is 1. The van der Waals surface area contributed by atoms with Gasteiger partial charge in [-0.15, -0.1) is 0 Å². The van der Waals surface area contributed by atoms with E-state index in [0.29, 0.717) is 19.8 Å². The minimum absolute atomic E-state index is 0.122. The van der Waals surface area contributed by atoms with Gasteiger partial charge >= 0.3 is 6.09 Å². The number of likely N-dealkylation sites (tertiary alicyclic amines) is 1. The van der Waals surface area contributed by atoms with Crippen molar-refractivity contribution in [3.63, 3.8) is 0 Å². The Kier molecular flexibility index (Phi) is 8.90. The normalized spacial score (nSPS) is 21.6. The van der Waals surface area contributed by atoms with E-state index in [-0.39, 0.29) is 31.2 Å². The number of amides is 1. The van der Waals surface area contributed by atoms with Gasteiger partial charge in [0, 0.05) is 33.3 Å². The number of nitrogens with zero attached hydrogens (tertiary/aromatic N) is 2. The Labute approximate surface area is 212 Å². The van der Waals surface area contributed by atoms with E-state index >= 15 is 0 Å². The number of methoxy groups -OCH3 is 3. The topological polar surface area (TPSA) is 89.9 Å². The first-order valence-electron chi connectivity index (χ1n) is 12.3. The molecule has 3 atom stereocenters. The Morgan fingerprint density at radius 2 is 1.86 bits per heavy atom. The maximum atomic E-state index is 11.8. The molecule has 0 bridgehead atoms. The fraction of sp³-hybridized carbons (Fsp3) is 0.519. The molecule has 36 heavy (non-hydrogen) atoms. The average Bonchev–Trinajstić information content (AvgIpc) is 2.91. The molecule has 9 nitrogen and oxygen atoms in total. The van der Waals surface area contributed by atoms with Crippen molar-refractivity contribution in [2.45, 2.75) is 31.2 Å². The summed E-state index contributed by atoms with van der Waals surface area (Å²) in [5.74, 6) is 1.51. The first kappa shape index (κ1) is 26.1. The molecule has 2 aromatic carbocycles. The lowest BCUT2D eigenvalue weighted by atomic mass is 9.84. The second-order valence-corrected chi connectivity index (χ2v) is 9.09. The van der Waals surface area contributed by atoms with E-state index in [9.17, 15) is 9.90 Å². The molecule has 9 heteroatoms. The number of anilines is 1. The zero-order chi connectivity index (χ0) is 25.5. The van der Waals surface area contributed by atoms with Gasteiger partial charge < -0.3 is 38.6 Å². The summed E-state index contributed by atoms with van der Waals surface area (Å²) in [6, 6.07) is 13.9. The van der Waals surface area contributed by atoms with E-state index in [1.165, 1.54) is 4.90 Å². The van der Waals surface area contributed by atoms with Gasteiger partial charge in [0.05, 0.1) is 51.2 Å². The summed E-state index contributed by atoms with van der Waals surface area (Å²) in [7, 11) is 4.96. The maximum Gasteiger partial charge on any atom is 0.407 e.